The van der Waals surface area contributed by atoms with Crippen LogP contribution in [0.5, 0.6) is 5.75 Å². The fourth-order valence-electron chi connectivity index (χ4n) is 3.32. The number of ether oxygens (including phenoxy) is 3. The molecule has 36 heavy (non-hydrogen) atoms. The molecule has 0 unspecified atom stereocenters. The van der Waals surface area contributed by atoms with E-state index in [1.54, 1.807) is 4.68 Å². The Balaban J connectivity index is 1.61. The van der Waals surface area contributed by atoms with Crippen LogP contribution in [0, 0.1) is 0 Å². The Morgan fingerprint density at radius 2 is 1.86 bits per heavy atom. The molecule has 0 aliphatic rings. The van der Waals surface area contributed by atoms with Gasteiger partial charge in [0.1, 0.15) is 19.0 Å². The molecule has 0 bridgehead atoms. The van der Waals surface area contributed by atoms with Gasteiger partial charge in [-0.25, -0.2) is 9.48 Å². The third kappa shape index (κ3) is 8.91. The molecule has 0 saturated heterocycles. The number of carbonyl (C=O) groups excluding carboxylic acids is 1. The SMILES string of the molecule is CNC(=O)OCc1ccccc1OCCn1nnnc1[C@@H](COCc1ccccc1)NCC(C)(C)N. The van der Waals surface area contributed by atoms with Gasteiger partial charge in [0.05, 0.1) is 25.8 Å². The standard InChI is InChI=1S/C25H35N7O4/c1-25(2,26)18-28-21(17-34-15-19-9-5-4-6-10-19)23-29-30-31-32(23)13-14-35-22-12-8-7-11-20(22)16-36-24(33)27-3/h4-12,21,28H,13-18,26H2,1-3H3,(H,27,33)/t21-/m1/s1. The highest BCUT2D eigenvalue weighted by atomic mass is 16.5. The summed E-state index contributed by atoms with van der Waals surface area (Å²) < 4.78 is 18.8. The first-order chi connectivity index (χ1) is 17.4. The van der Waals surface area contributed by atoms with Crippen LogP contribution in [0.1, 0.15) is 36.8 Å². The average molecular weight is 498 g/mol. The van der Waals surface area contributed by atoms with Gasteiger partial charge in [-0.3, -0.25) is 0 Å². The molecular weight excluding hydrogens is 462 g/mol. The van der Waals surface area contributed by atoms with E-state index < -0.39 is 11.6 Å². The number of hydrogen-bond donors (Lipinski definition) is 3. The van der Waals surface area contributed by atoms with E-state index >= 15 is 0 Å². The Morgan fingerprint density at radius 3 is 2.61 bits per heavy atom. The number of nitrogens with one attached hydrogen (secondary N) is 2. The zero-order valence-corrected chi connectivity index (χ0v) is 21.0. The van der Waals surface area contributed by atoms with E-state index in [1.165, 1.54) is 7.05 Å². The molecule has 0 spiro atoms. The number of benzene rings is 2. The van der Waals surface area contributed by atoms with Crippen LogP contribution >= 0.6 is 0 Å². The fraction of sp³-hybridized carbons (Fsp3) is 0.440. The third-order valence-corrected chi connectivity index (χ3v) is 5.17. The molecule has 11 nitrogen and oxygen atoms in total. The van der Waals surface area contributed by atoms with Crippen molar-refractivity contribution in [2.45, 2.75) is 45.2 Å². The summed E-state index contributed by atoms with van der Waals surface area (Å²) in [6.45, 7) is 6.12. The molecule has 1 heterocycles. The van der Waals surface area contributed by atoms with Gasteiger partial charge in [0.15, 0.2) is 5.82 Å². The van der Waals surface area contributed by atoms with Crippen molar-refractivity contribution in [3.05, 3.63) is 71.5 Å². The first-order valence-corrected chi connectivity index (χ1v) is 11.8. The molecule has 194 valence electrons. The van der Waals surface area contributed by atoms with E-state index in [0.29, 0.717) is 44.5 Å². The number of para-hydroxylation sites is 1. The number of alkyl carbamates (subject to hydrolysis) is 1. The normalized spacial score (nSPS) is 12.2. The van der Waals surface area contributed by atoms with Gasteiger partial charge in [-0.1, -0.05) is 48.5 Å². The minimum atomic E-state index is -0.503. The van der Waals surface area contributed by atoms with Gasteiger partial charge < -0.3 is 30.6 Å². The molecule has 0 fully saturated rings. The largest absolute Gasteiger partial charge is 0.491 e. The lowest BCUT2D eigenvalue weighted by atomic mass is 10.1. The molecule has 2 aromatic carbocycles. The van der Waals surface area contributed by atoms with Crippen LogP contribution in [-0.4, -0.2) is 58.6 Å². The molecule has 1 aromatic heterocycles. The number of aromatic nitrogens is 4. The second-order valence-electron chi connectivity index (χ2n) is 8.97. The van der Waals surface area contributed by atoms with Crippen molar-refractivity contribution in [3.63, 3.8) is 0 Å². The predicted molar refractivity (Wildman–Crippen MR) is 134 cm³/mol. The molecule has 11 heteroatoms. The first-order valence-electron chi connectivity index (χ1n) is 11.8. The summed E-state index contributed by atoms with van der Waals surface area (Å²) in [6.07, 6.45) is -0.503. The highest BCUT2D eigenvalue weighted by molar-refractivity contribution is 5.66. The van der Waals surface area contributed by atoms with Crippen LogP contribution in [0.15, 0.2) is 54.6 Å². The van der Waals surface area contributed by atoms with Crippen molar-refractivity contribution >= 4 is 6.09 Å². The number of carbonyl (C=O) groups is 1. The van der Waals surface area contributed by atoms with Crippen molar-refractivity contribution < 1.29 is 19.0 Å². The highest BCUT2D eigenvalue weighted by Gasteiger charge is 2.22. The maximum absolute atomic E-state index is 11.4. The third-order valence-electron chi connectivity index (χ3n) is 5.17. The summed E-state index contributed by atoms with van der Waals surface area (Å²) in [5.41, 5.74) is 7.62. The molecule has 0 aliphatic carbocycles. The molecule has 0 aliphatic heterocycles. The molecule has 0 radical (unpaired) electrons. The number of nitrogens with zero attached hydrogens (tertiary/aromatic N) is 4. The van der Waals surface area contributed by atoms with Crippen molar-refractivity contribution in [2.75, 3.05) is 26.8 Å². The average Bonchev–Trinajstić information content (AvgIpc) is 3.33. The van der Waals surface area contributed by atoms with E-state index in [9.17, 15) is 4.79 Å². The zero-order chi connectivity index (χ0) is 25.8. The minimum absolute atomic E-state index is 0.103. The smallest absolute Gasteiger partial charge is 0.407 e. The minimum Gasteiger partial charge on any atom is -0.491 e. The number of amides is 1. The number of hydrogen-bond acceptors (Lipinski definition) is 9. The van der Waals surface area contributed by atoms with Crippen molar-refractivity contribution in [1.29, 1.82) is 0 Å². The maximum atomic E-state index is 11.4. The lowest BCUT2D eigenvalue weighted by Crippen LogP contribution is -2.45. The van der Waals surface area contributed by atoms with Gasteiger partial charge in [0.25, 0.3) is 0 Å². The number of tetrazole rings is 1. The van der Waals surface area contributed by atoms with E-state index in [0.717, 1.165) is 11.1 Å². The van der Waals surface area contributed by atoms with Crippen LogP contribution < -0.4 is 21.1 Å². The quantitative estimate of drug-likeness (QED) is 0.306. The van der Waals surface area contributed by atoms with Gasteiger partial charge in [-0.15, -0.1) is 5.10 Å². The van der Waals surface area contributed by atoms with Crippen molar-refractivity contribution in [1.82, 2.24) is 30.8 Å². The lowest BCUT2D eigenvalue weighted by Gasteiger charge is -2.24. The summed E-state index contributed by atoms with van der Waals surface area (Å²) in [6, 6.07) is 17.1. The van der Waals surface area contributed by atoms with Gasteiger partial charge in [0.2, 0.25) is 0 Å². The summed E-state index contributed by atoms with van der Waals surface area (Å²) in [7, 11) is 1.51. The van der Waals surface area contributed by atoms with Crippen LogP contribution in [0.25, 0.3) is 0 Å². The second kappa shape index (κ2) is 13.5. The molecule has 3 rings (SSSR count). The Labute approximate surface area is 211 Å². The Morgan fingerprint density at radius 1 is 1.11 bits per heavy atom. The molecule has 0 saturated carbocycles. The van der Waals surface area contributed by atoms with Crippen LogP contribution in [0.4, 0.5) is 4.79 Å². The Kier molecular flexibility index (Phi) is 10.2. The van der Waals surface area contributed by atoms with Gasteiger partial charge in [0, 0.05) is 24.7 Å². The zero-order valence-electron chi connectivity index (χ0n) is 21.0. The number of rotatable bonds is 14. The van der Waals surface area contributed by atoms with Crippen molar-refractivity contribution in [2.24, 2.45) is 5.73 Å². The van der Waals surface area contributed by atoms with Crippen LogP contribution in [0.3, 0.4) is 0 Å². The summed E-state index contributed by atoms with van der Waals surface area (Å²) in [5, 5.41) is 18.1. The monoisotopic (exact) mass is 497 g/mol. The predicted octanol–water partition coefficient (Wildman–Crippen LogP) is 2.19. The molecular formula is C25H35N7O4. The van der Waals surface area contributed by atoms with E-state index in [-0.39, 0.29) is 12.6 Å². The molecule has 4 N–H and O–H groups in total. The summed E-state index contributed by atoms with van der Waals surface area (Å²) >= 11 is 0. The second-order valence-corrected chi connectivity index (χ2v) is 8.97. The summed E-state index contributed by atoms with van der Waals surface area (Å²) in [4.78, 5) is 11.4. The van der Waals surface area contributed by atoms with Crippen molar-refractivity contribution in [3.8, 4) is 5.75 Å². The number of nitrogens with two attached hydrogens (primary N) is 1. The van der Waals surface area contributed by atoms with Gasteiger partial charge >= 0.3 is 6.09 Å². The first kappa shape index (κ1) is 27.1. The van der Waals surface area contributed by atoms with Crippen LogP contribution in [-0.2, 0) is 29.2 Å². The Bertz CT molecular complexity index is 1070. The fourth-order valence-corrected chi connectivity index (χ4v) is 3.32. The lowest BCUT2D eigenvalue weighted by molar-refractivity contribution is 0.0932. The van der Waals surface area contributed by atoms with E-state index in [2.05, 4.69) is 26.2 Å². The van der Waals surface area contributed by atoms with Crippen LogP contribution in [0.2, 0.25) is 0 Å². The van der Waals surface area contributed by atoms with E-state index in [4.69, 9.17) is 19.9 Å². The summed E-state index contributed by atoms with van der Waals surface area (Å²) in [5.74, 6) is 1.26. The molecule has 3 aromatic rings. The maximum Gasteiger partial charge on any atom is 0.407 e. The van der Waals surface area contributed by atoms with Gasteiger partial charge in [-0.2, -0.15) is 0 Å². The van der Waals surface area contributed by atoms with Gasteiger partial charge in [-0.05, 0) is 35.9 Å². The molecule has 1 atom stereocenters. The Hall–Kier alpha value is -3.54. The molecule has 1 amide bonds. The topological polar surface area (TPSA) is 138 Å². The highest BCUT2D eigenvalue weighted by Crippen LogP contribution is 2.19. The van der Waals surface area contributed by atoms with E-state index in [1.807, 2.05) is 68.4 Å².